The third kappa shape index (κ3) is 2.98. The van der Waals surface area contributed by atoms with E-state index >= 15 is 0 Å². The monoisotopic (exact) mass is 351 g/mol. The van der Waals surface area contributed by atoms with Gasteiger partial charge in [0.2, 0.25) is 0 Å². The van der Waals surface area contributed by atoms with Crippen LogP contribution < -0.4 is 0 Å². The van der Waals surface area contributed by atoms with E-state index in [0.29, 0.717) is 21.1 Å². The lowest BCUT2D eigenvalue weighted by atomic mass is 10.1. The average molecular weight is 351 g/mol. The molecule has 0 spiro atoms. The summed E-state index contributed by atoms with van der Waals surface area (Å²) in [6.07, 6.45) is 1.47. The fraction of sp³-hybridized carbons (Fsp3) is 0.111. The lowest BCUT2D eigenvalue weighted by Gasteiger charge is -2.06. The first kappa shape index (κ1) is 15.7. The molecule has 124 valence electrons. The second-order valence-corrected chi connectivity index (χ2v) is 6.63. The highest BCUT2D eigenvalue weighted by Gasteiger charge is 2.14. The van der Waals surface area contributed by atoms with E-state index in [0.717, 1.165) is 11.4 Å². The summed E-state index contributed by atoms with van der Waals surface area (Å²) in [7, 11) is 1.90. The lowest BCUT2D eigenvalue weighted by Crippen LogP contribution is -1.96. The third-order valence-electron chi connectivity index (χ3n) is 3.89. The van der Waals surface area contributed by atoms with Gasteiger partial charge in [-0.15, -0.1) is 10.2 Å². The molecule has 4 aromatic rings. The van der Waals surface area contributed by atoms with Gasteiger partial charge in [0, 0.05) is 18.0 Å². The highest BCUT2D eigenvalue weighted by molar-refractivity contribution is 7.99. The van der Waals surface area contributed by atoms with Crippen LogP contribution in [0.15, 0.2) is 59.0 Å². The molecule has 5 nitrogen and oxygen atoms in total. The zero-order valence-corrected chi connectivity index (χ0v) is 14.5. The van der Waals surface area contributed by atoms with E-state index in [1.54, 1.807) is 6.07 Å². The maximum Gasteiger partial charge on any atom is 0.197 e. The molecule has 0 aliphatic heterocycles. The molecule has 0 radical (unpaired) electrons. The molecule has 4 rings (SSSR count). The van der Waals surface area contributed by atoms with E-state index in [2.05, 4.69) is 20.2 Å². The zero-order chi connectivity index (χ0) is 17.4. The Balaban J connectivity index is 1.73. The van der Waals surface area contributed by atoms with Gasteiger partial charge in [0.1, 0.15) is 17.2 Å². The molecule has 7 heteroatoms. The molecule has 0 amide bonds. The number of hydrogen-bond acceptors (Lipinski definition) is 5. The van der Waals surface area contributed by atoms with Crippen LogP contribution in [-0.4, -0.2) is 24.7 Å². The number of aryl methyl sites for hydroxylation is 1. The summed E-state index contributed by atoms with van der Waals surface area (Å²) in [5.41, 5.74) is 2.88. The Labute approximate surface area is 148 Å². The van der Waals surface area contributed by atoms with Crippen molar-refractivity contribution in [1.29, 1.82) is 0 Å². The number of hydrogen-bond donors (Lipinski definition) is 0. The van der Waals surface area contributed by atoms with Crippen LogP contribution in [0.2, 0.25) is 0 Å². The number of benzene rings is 2. The minimum atomic E-state index is -0.317. The fourth-order valence-electron chi connectivity index (χ4n) is 2.53. The molecule has 0 unspecified atom stereocenters. The smallest absolute Gasteiger partial charge is 0.197 e. The Morgan fingerprint density at radius 3 is 2.60 bits per heavy atom. The van der Waals surface area contributed by atoms with Crippen molar-refractivity contribution in [2.24, 2.45) is 7.05 Å². The number of fused-ring (bicyclic) bond motifs is 1. The number of nitrogens with zero attached hydrogens (tertiary/aromatic N) is 5. The Hall–Kier alpha value is -2.80. The Morgan fingerprint density at radius 2 is 1.80 bits per heavy atom. The average Bonchev–Trinajstić information content (AvgIpc) is 2.97. The van der Waals surface area contributed by atoms with Crippen LogP contribution >= 0.6 is 11.8 Å². The number of aromatic nitrogens is 5. The molecule has 25 heavy (non-hydrogen) atoms. The van der Waals surface area contributed by atoms with Crippen LogP contribution in [0.4, 0.5) is 4.39 Å². The minimum Gasteiger partial charge on any atom is -0.305 e. The summed E-state index contributed by atoms with van der Waals surface area (Å²) in [5, 5.41) is 10.5. The molecular formula is C18H14FN5S. The van der Waals surface area contributed by atoms with Gasteiger partial charge in [-0.25, -0.2) is 14.4 Å². The molecule has 0 bridgehead atoms. The van der Waals surface area contributed by atoms with Crippen molar-refractivity contribution in [2.75, 3.05) is 0 Å². The number of rotatable bonds is 3. The Kier molecular flexibility index (Phi) is 3.93. The Bertz CT molecular complexity index is 1060. The quantitative estimate of drug-likeness (QED) is 0.522. The maximum atomic E-state index is 13.6. The van der Waals surface area contributed by atoms with Gasteiger partial charge in [0.25, 0.3) is 0 Å². The topological polar surface area (TPSA) is 56.5 Å². The molecule has 0 aliphatic rings. The standard InChI is InChI=1S/C18H14FN5S/c1-11-3-5-12(6-4-11)16-22-23-18(24(16)2)25-17-14-9-13(19)7-8-15(14)20-10-21-17/h3-10H,1-2H3. The molecule has 0 N–H and O–H groups in total. The van der Waals surface area contributed by atoms with Crippen LogP contribution in [0, 0.1) is 12.7 Å². The maximum absolute atomic E-state index is 13.6. The molecular weight excluding hydrogens is 337 g/mol. The van der Waals surface area contributed by atoms with Gasteiger partial charge in [-0.1, -0.05) is 29.8 Å². The van der Waals surface area contributed by atoms with Crippen LogP contribution in [-0.2, 0) is 7.05 Å². The second-order valence-electron chi connectivity index (χ2n) is 5.67. The van der Waals surface area contributed by atoms with Crippen molar-refractivity contribution < 1.29 is 4.39 Å². The van der Waals surface area contributed by atoms with Crippen LogP contribution in [0.3, 0.4) is 0 Å². The van der Waals surface area contributed by atoms with Crippen molar-refractivity contribution in [3.63, 3.8) is 0 Å². The van der Waals surface area contributed by atoms with Gasteiger partial charge >= 0.3 is 0 Å². The van der Waals surface area contributed by atoms with Crippen molar-refractivity contribution in [2.45, 2.75) is 17.1 Å². The van der Waals surface area contributed by atoms with E-state index in [1.807, 2.05) is 42.8 Å². The Morgan fingerprint density at radius 1 is 1.00 bits per heavy atom. The predicted molar refractivity (Wildman–Crippen MR) is 94.8 cm³/mol. The summed E-state index contributed by atoms with van der Waals surface area (Å²) >= 11 is 1.34. The SMILES string of the molecule is Cc1ccc(-c2nnc(Sc3ncnc4ccc(F)cc34)n2C)cc1. The molecule has 2 aromatic heterocycles. The zero-order valence-electron chi connectivity index (χ0n) is 13.6. The van der Waals surface area contributed by atoms with E-state index < -0.39 is 0 Å². The van der Waals surface area contributed by atoms with E-state index in [1.165, 1.54) is 35.8 Å². The lowest BCUT2D eigenvalue weighted by molar-refractivity contribution is 0.629. The highest BCUT2D eigenvalue weighted by atomic mass is 32.2. The first-order valence-electron chi connectivity index (χ1n) is 7.66. The molecule has 2 aromatic carbocycles. The van der Waals surface area contributed by atoms with Crippen molar-refractivity contribution >= 4 is 22.7 Å². The van der Waals surface area contributed by atoms with Gasteiger partial charge < -0.3 is 4.57 Å². The second kappa shape index (κ2) is 6.25. The first-order valence-corrected chi connectivity index (χ1v) is 8.48. The summed E-state index contributed by atoms with van der Waals surface area (Å²) in [6.45, 7) is 2.04. The van der Waals surface area contributed by atoms with Crippen LogP contribution in [0.1, 0.15) is 5.56 Å². The van der Waals surface area contributed by atoms with Gasteiger partial charge in [-0.2, -0.15) is 0 Å². The summed E-state index contributed by atoms with van der Waals surface area (Å²) in [6, 6.07) is 12.6. The summed E-state index contributed by atoms with van der Waals surface area (Å²) < 4.78 is 15.5. The molecule has 2 heterocycles. The molecule has 0 atom stereocenters. The van der Waals surface area contributed by atoms with Crippen molar-refractivity contribution in [3.8, 4) is 11.4 Å². The fourth-order valence-corrected chi connectivity index (χ4v) is 3.38. The minimum absolute atomic E-state index is 0.317. The third-order valence-corrected chi connectivity index (χ3v) is 4.95. The first-order chi connectivity index (χ1) is 12.1. The molecule has 0 saturated heterocycles. The van der Waals surface area contributed by atoms with E-state index in [4.69, 9.17) is 0 Å². The van der Waals surface area contributed by atoms with Crippen molar-refractivity contribution in [3.05, 3.63) is 60.2 Å². The van der Waals surface area contributed by atoms with Gasteiger partial charge in [0.05, 0.1) is 5.52 Å². The normalized spacial score (nSPS) is 11.2. The molecule has 0 saturated carbocycles. The van der Waals surface area contributed by atoms with Crippen LogP contribution in [0.25, 0.3) is 22.3 Å². The molecule has 0 fully saturated rings. The van der Waals surface area contributed by atoms with E-state index in [9.17, 15) is 4.39 Å². The highest BCUT2D eigenvalue weighted by Crippen LogP contribution is 2.31. The summed E-state index contributed by atoms with van der Waals surface area (Å²) in [4.78, 5) is 8.46. The van der Waals surface area contributed by atoms with Crippen molar-refractivity contribution in [1.82, 2.24) is 24.7 Å². The van der Waals surface area contributed by atoms with E-state index in [-0.39, 0.29) is 5.82 Å². The van der Waals surface area contributed by atoms with Crippen LogP contribution in [0.5, 0.6) is 0 Å². The van der Waals surface area contributed by atoms with Gasteiger partial charge in [-0.05, 0) is 36.9 Å². The molecule has 0 aliphatic carbocycles. The summed E-state index contributed by atoms with van der Waals surface area (Å²) in [5.74, 6) is 0.453. The predicted octanol–water partition coefficient (Wildman–Crippen LogP) is 4.02. The van der Waals surface area contributed by atoms with Gasteiger partial charge in [0.15, 0.2) is 11.0 Å². The van der Waals surface area contributed by atoms with Gasteiger partial charge in [-0.3, -0.25) is 0 Å². The largest absolute Gasteiger partial charge is 0.305 e. The number of halogens is 1.